The number of nitrogens with zero attached hydrogens (tertiary/aromatic N) is 2. The molecule has 0 aliphatic carbocycles. The van der Waals surface area contributed by atoms with Crippen LogP contribution in [0.2, 0.25) is 0 Å². The number of anilines is 1. The summed E-state index contributed by atoms with van der Waals surface area (Å²) in [6.07, 6.45) is 2.96. The fraction of sp³-hybridized carbons (Fsp3) is 0.0909. The SMILES string of the molecule is COc1nccnc1-c1ccc(N)cc1F. The Morgan fingerprint density at radius 2 is 2.00 bits per heavy atom. The van der Waals surface area contributed by atoms with Crippen molar-refractivity contribution in [3.05, 3.63) is 36.4 Å². The van der Waals surface area contributed by atoms with E-state index in [2.05, 4.69) is 9.97 Å². The molecule has 2 aromatic rings. The molecule has 0 spiro atoms. The lowest BCUT2D eigenvalue weighted by atomic mass is 10.1. The quantitative estimate of drug-likeness (QED) is 0.783. The maximum atomic E-state index is 13.6. The number of aromatic nitrogens is 2. The molecule has 1 heterocycles. The summed E-state index contributed by atoms with van der Waals surface area (Å²) in [6.45, 7) is 0. The minimum Gasteiger partial charge on any atom is -0.479 e. The second-order valence-electron chi connectivity index (χ2n) is 3.15. The molecule has 0 saturated carbocycles. The van der Waals surface area contributed by atoms with E-state index in [1.165, 1.54) is 25.6 Å². The summed E-state index contributed by atoms with van der Waals surface area (Å²) in [5.41, 5.74) is 6.52. The van der Waals surface area contributed by atoms with Gasteiger partial charge in [-0.1, -0.05) is 0 Å². The van der Waals surface area contributed by atoms with E-state index in [4.69, 9.17) is 10.5 Å². The first-order valence-electron chi connectivity index (χ1n) is 4.63. The highest BCUT2D eigenvalue weighted by Gasteiger charge is 2.12. The fourth-order valence-corrected chi connectivity index (χ4v) is 1.38. The van der Waals surface area contributed by atoms with E-state index in [1.54, 1.807) is 12.1 Å². The highest BCUT2D eigenvalue weighted by Crippen LogP contribution is 2.28. The van der Waals surface area contributed by atoms with Crippen molar-refractivity contribution in [1.29, 1.82) is 0 Å². The number of nitrogens with two attached hydrogens (primary N) is 1. The predicted octanol–water partition coefficient (Wildman–Crippen LogP) is 1.87. The number of rotatable bonds is 2. The van der Waals surface area contributed by atoms with Crippen LogP contribution in [0.3, 0.4) is 0 Å². The molecule has 0 aliphatic rings. The lowest BCUT2D eigenvalue weighted by Crippen LogP contribution is -1.96. The van der Waals surface area contributed by atoms with Gasteiger partial charge >= 0.3 is 0 Å². The van der Waals surface area contributed by atoms with Crippen LogP contribution in [-0.2, 0) is 0 Å². The largest absolute Gasteiger partial charge is 0.479 e. The van der Waals surface area contributed by atoms with Gasteiger partial charge in [-0.2, -0.15) is 0 Å². The molecule has 4 nitrogen and oxygen atoms in total. The Balaban J connectivity index is 2.58. The summed E-state index contributed by atoms with van der Waals surface area (Å²) in [4.78, 5) is 8.00. The van der Waals surface area contributed by atoms with Gasteiger partial charge in [0.25, 0.3) is 0 Å². The van der Waals surface area contributed by atoms with Crippen LogP contribution < -0.4 is 10.5 Å². The molecule has 16 heavy (non-hydrogen) atoms. The summed E-state index contributed by atoms with van der Waals surface area (Å²) >= 11 is 0. The highest BCUT2D eigenvalue weighted by atomic mass is 19.1. The maximum Gasteiger partial charge on any atom is 0.240 e. The summed E-state index contributed by atoms with van der Waals surface area (Å²) in [5.74, 6) is -0.162. The second-order valence-corrected chi connectivity index (χ2v) is 3.15. The average molecular weight is 219 g/mol. The Kier molecular flexibility index (Phi) is 2.68. The van der Waals surface area contributed by atoms with Gasteiger partial charge in [0.1, 0.15) is 11.5 Å². The molecule has 1 aromatic carbocycles. The van der Waals surface area contributed by atoms with Gasteiger partial charge in [-0.15, -0.1) is 0 Å². The number of hydrogen-bond acceptors (Lipinski definition) is 4. The van der Waals surface area contributed by atoms with E-state index in [-0.39, 0.29) is 5.88 Å². The fourth-order valence-electron chi connectivity index (χ4n) is 1.38. The van der Waals surface area contributed by atoms with Gasteiger partial charge in [-0.25, -0.2) is 14.4 Å². The van der Waals surface area contributed by atoms with Crippen LogP contribution in [0.5, 0.6) is 5.88 Å². The van der Waals surface area contributed by atoms with Gasteiger partial charge in [0.2, 0.25) is 5.88 Å². The Morgan fingerprint density at radius 1 is 1.25 bits per heavy atom. The van der Waals surface area contributed by atoms with E-state index in [0.29, 0.717) is 16.9 Å². The van der Waals surface area contributed by atoms with E-state index in [9.17, 15) is 4.39 Å². The molecule has 82 valence electrons. The van der Waals surface area contributed by atoms with Crippen molar-refractivity contribution < 1.29 is 9.13 Å². The van der Waals surface area contributed by atoms with E-state index < -0.39 is 5.82 Å². The summed E-state index contributed by atoms with van der Waals surface area (Å²) < 4.78 is 18.7. The molecule has 2 N–H and O–H groups in total. The molecule has 1 aromatic heterocycles. The smallest absolute Gasteiger partial charge is 0.240 e. The molecule has 0 saturated heterocycles. The number of nitrogen functional groups attached to an aromatic ring is 1. The third kappa shape index (κ3) is 1.79. The number of hydrogen-bond donors (Lipinski definition) is 1. The van der Waals surface area contributed by atoms with Gasteiger partial charge in [0.05, 0.1) is 7.11 Å². The van der Waals surface area contributed by atoms with Crippen LogP contribution in [0, 0.1) is 5.82 Å². The summed E-state index contributed by atoms with van der Waals surface area (Å²) in [5, 5.41) is 0. The van der Waals surface area contributed by atoms with Crippen molar-refractivity contribution in [3.63, 3.8) is 0 Å². The number of halogens is 1. The molecule has 0 unspecified atom stereocenters. The minimum atomic E-state index is -0.446. The minimum absolute atomic E-state index is 0.283. The third-order valence-corrected chi connectivity index (χ3v) is 2.11. The van der Waals surface area contributed by atoms with Crippen molar-refractivity contribution in [3.8, 4) is 17.1 Å². The van der Waals surface area contributed by atoms with E-state index in [0.717, 1.165) is 0 Å². The number of methoxy groups -OCH3 is 1. The predicted molar refractivity (Wildman–Crippen MR) is 58.4 cm³/mol. The molecule has 2 rings (SSSR count). The first kappa shape index (κ1) is 10.4. The first-order chi connectivity index (χ1) is 7.72. The van der Waals surface area contributed by atoms with Crippen LogP contribution in [-0.4, -0.2) is 17.1 Å². The zero-order chi connectivity index (χ0) is 11.5. The van der Waals surface area contributed by atoms with Crippen molar-refractivity contribution in [2.75, 3.05) is 12.8 Å². The molecule has 0 bridgehead atoms. The zero-order valence-electron chi connectivity index (χ0n) is 8.64. The molecular weight excluding hydrogens is 209 g/mol. The lowest BCUT2D eigenvalue weighted by Gasteiger charge is -2.07. The van der Waals surface area contributed by atoms with Gasteiger partial charge in [-0.3, -0.25) is 0 Å². The molecule has 0 amide bonds. The van der Waals surface area contributed by atoms with E-state index in [1.807, 2.05) is 0 Å². The van der Waals surface area contributed by atoms with Crippen LogP contribution in [0.15, 0.2) is 30.6 Å². The summed E-state index contributed by atoms with van der Waals surface area (Å²) in [7, 11) is 1.46. The maximum absolute atomic E-state index is 13.6. The lowest BCUT2D eigenvalue weighted by molar-refractivity contribution is 0.397. The van der Waals surface area contributed by atoms with Crippen LogP contribution in [0.4, 0.5) is 10.1 Å². The standard InChI is InChI=1S/C11H10FN3O/c1-16-11-10(14-4-5-15-11)8-3-2-7(13)6-9(8)12/h2-6H,13H2,1H3. The average Bonchev–Trinajstić information content (AvgIpc) is 2.29. The van der Waals surface area contributed by atoms with Crippen molar-refractivity contribution in [1.82, 2.24) is 9.97 Å². The van der Waals surface area contributed by atoms with Gasteiger partial charge in [0, 0.05) is 23.6 Å². The van der Waals surface area contributed by atoms with Crippen LogP contribution >= 0.6 is 0 Å². The van der Waals surface area contributed by atoms with Gasteiger partial charge in [-0.05, 0) is 18.2 Å². The zero-order valence-corrected chi connectivity index (χ0v) is 8.64. The first-order valence-corrected chi connectivity index (χ1v) is 4.63. The number of ether oxygens (including phenoxy) is 1. The van der Waals surface area contributed by atoms with E-state index >= 15 is 0 Å². The number of benzene rings is 1. The second kappa shape index (κ2) is 4.14. The Labute approximate surface area is 91.9 Å². The van der Waals surface area contributed by atoms with Crippen LogP contribution in [0.1, 0.15) is 0 Å². The molecule has 0 aliphatic heterocycles. The van der Waals surface area contributed by atoms with Crippen LogP contribution in [0.25, 0.3) is 11.3 Å². The molecule has 0 fully saturated rings. The molecular formula is C11H10FN3O. The highest BCUT2D eigenvalue weighted by molar-refractivity contribution is 5.66. The normalized spacial score (nSPS) is 10.1. The summed E-state index contributed by atoms with van der Waals surface area (Å²) in [6, 6.07) is 4.40. The Morgan fingerprint density at radius 3 is 2.69 bits per heavy atom. The van der Waals surface area contributed by atoms with Gasteiger partial charge in [0.15, 0.2) is 0 Å². The monoisotopic (exact) mass is 219 g/mol. The van der Waals surface area contributed by atoms with Crippen molar-refractivity contribution in [2.45, 2.75) is 0 Å². The Bertz CT molecular complexity index is 516. The molecule has 0 radical (unpaired) electrons. The molecule has 0 atom stereocenters. The molecule has 5 heteroatoms. The third-order valence-electron chi connectivity index (χ3n) is 2.11. The van der Waals surface area contributed by atoms with Crippen molar-refractivity contribution >= 4 is 5.69 Å². The Hall–Kier alpha value is -2.17. The topological polar surface area (TPSA) is 61.0 Å². The van der Waals surface area contributed by atoms with Crippen molar-refractivity contribution in [2.24, 2.45) is 0 Å². The van der Waals surface area contributed by atoms with Gasteiger partial charge < -0.3 is 10.5 Å².